The molecule has 0 aliphatic rings. The van der Waals surface area contributed by atoms with E-state index in [2.05, 4.69) is 9.72 Å². The molecule has 0 saturated heterocycles. The van der Waals surface area contributed by atoms with Gasteiger partial charge in [-0.2, -0.15) is 17.9 Å². The number of carbonyl (C=O) groups excluding carboxylic acids is 1. The topological polar surface area (TPSA) is 88.3 Å². The van der Waals surface area contributed by atoms with Crippen molar-refractivity contribution in [1.82, 2.24) is 9.71 Å². The van der Waals surface area contributed by atoms with Crippen LogP contribution in [0.3, 0.4) is 0 Å². The molecule has 2 N–H and O–H groups in total. The van der Waals surface area contributed by atoms with Crippen molar-refractivity contribution >= 4 is 16.5 Å². The Bertz CT molecular complexity index is 485. The number of sulfonamides is 1. The Kier molecular flexibility index (Phi) is 7.29. The van der Waals surface area contributed by atoms with Crippen molar-refractivity contribution in [2.75, 3.05) is 6.61 Å². The molecule has 116 valence electrons. The fourth-order valence-electron chi connectivity index (χ4n) is 0.911. The molecule has 0 spiro atoms. The van der Waals surface area contributed by atoms with Gasteiger partial charge in [-0.3, -0.25) is 4.79 Å². The molecule has 0 fully saturated rings. The van der Waals surface area contributed by atoms with Crippen LogP contribution in [0.1, 0.15) is 13.8 Å². The number of ether oxygens (including phenoxy) is 1. The van der Waals surface area contributed by atoms with E-state index in [9.17, 15) is 26.4 Å². The number of hydrogen-bond donors (Lipinski definition) is 2. The van der Waals surface area contributed by atoms with Crippen LogP contribution in [0.25, 0.3) is 0 Å². The molecule has 0 saturated carbocycles. The lowest BCUT2D eigenvalue weighted by atomic mass is 10.4. The number of aromatic nitrogens is 1. The lowest BCUT2D eigenvalue weighted by Gasteiger charge is -2.16. The van der Waals surface area contributed by atoms with Gasteiger partial charge in [-0.15, -0.1) is 0 Å². The zero-order chi connectivity index (χ0) is 15.8. The standard InChI is InChI=1S/C7H9F3N2O2S.C3H6O2/c1-5(7(8,9)10)12-15(13,14)6-2-3-11-4-6;1-2-5-3-4/h2-5,11-12H,1H3;3H,2H2,1H3. The van der Waals surface area contributed by atoms with Crippen molar-refractivity contribution in [3.8, 4) is 0 Å². The van der Waals surface area contributed by atoms with E-state index < -0.39 is 22.2 Å². The van der Waals surface area contributed by atoms with Gasteiger partial charge in [0.05, 0.1) is 11.5 Å². The van der Waals surface area contributed by atoms with Crippen LogP contribution in [0.4, 0.5) is 13.2 Å². The second-order valence-corrected chi connectivity index (χ2v) is 5.20. The minimum absolute atomic E-state index is 0.224. The SMILES string of the molecule is CC(NS(=O)(=O)c1cc[nH]c1)C(F)(F)F.CCOC=O. The molecule has 0 amide bonds. The summed E-state index contributed by atoms with van der Waals surface area (Å²) in [7, 11) is -4.10. The maximum absolute atomic E-state index is 12.1. The van der Waals surface area contributed by atoms with E-state index in [1.807, 2.05) is 0 Å². The number of halogens is 3. The summed E-state index contributed by atoms with van der Waals surface area (Å²) in [4.78, 5) is 11.4. The fraction of sp³-hybridized carbons (Fsp3) is 0.500. The highest BCUT2D eigenvalue weighted by Gasteiger charge is 2.38. The van der Waals surface area contributed by atoms with E-state index in [1.165, 1.54) is 17.0 Å². The number of rotatable bonds is 5. The van der Waals surface area contributed by atoms with Gasteiger partial charge in [-0.05, 0) is 19.9 Å². The van der Waals surface area contributed by atoms with E-state index >= 15 is 0 Å². The van der Waals surface area contributed by atoms with Crippen molar-refractivity contribution in [2.45, 2.75) is 31.0 Å². The Morgan fingerprint density at radius 2 is 2.10 bits per heavy atom. The molecule has 20 heavy (non-hydrogen) atoms. The Morgan fingerprint density at radius 1 is 1.50 bits per heavy atom. The third-order valence-corrected chi connectivity index (χ3v) is 3.48. The zero-order valence-corrected chi connectivity index (χ0v) is 11.6. The quantitative estimate of drug-likeness (QED) is 0.804. The molecule has 0 bridgehead atoms. The van der Waals surface area contributed by atoms with Gasteiger partial charge in [0.15, 0.2) is 0 Å². The molecule has 10 heteroatoms. The van der Waals surface area contributed by atoms with Crippen LogP contribution >= 0.6 is 0 Å². The number of alkyl halides is 3. The van der Waals surface area contributed by atoms with Crippen molar-refractivity contribution in [3.63, 3.8) is 0 Å². The normalized spacial score (nSPS) is 13.1. The third kappa shape index (κ3) is 6.57. The van der Waals surface area contributed by atoms with Crippen LogP contribution < -0.4 is 4.72 Å². The van der Waals surface area contributed by atoms with E-state index in [-0.39, 0.29) is 4.90 Å². The summed E-state index contributed by atoms with van der Waals surface area (Å²) in [5.41, 5.74) is 0. The molecule has 1 aromatic heterocycles. The average Bonchev–Trinajstić information content (AvgIpc) is 2.83. The number of nitrogens with one attached hydrogen (secondary N) is 2. The van der Waals surface area contributed by atoms with Crippen molar-refractivity contribution in [1.29, 1.82) is 0 Å². The van der Waals surface area contributed by atoms with Gasteiger partial charge in [0, 0.05) is 12.4 Å². The molecule has 0 aliphatic heterocycles. The molecule has 0 aromatic carbocycles. The van der Waals surface area contributed by atoms with E-state index in [0.29, 0.717) is 13.1 Å². The van der Waals surface area contributed by atoms with Crippen LogP contribution in [0, 0.1) is 0 Å². The summed E-state index contributed by atoms with van der Waals surface area (Å²) in [5, 5.41) is 0. The number of hydrogen-bond acceptors (Lipinski definition) is 4. The van der Waals surface area contributed by atoms with Gasteiger partial charge in [0.25, 0.3) is 6.47 Å². The Labute approximate surface area is 114 Å². The lowest BCUT2D eigenvalue weighted by Crippen LogP contribution is -2.42. The van der Waals surface area contributed by atoms with Gasteiger partial charge in [0.2, 0.25) is 10.0 Å². The van der Waals surface area contributed by atoms with Crippen LogP contribution in [0.15, 0.2) is 23.4 Å². The maximum atomic E-state index is 12.1. The van der Waals surface area contributed by atoms with Gasteiger partial charge in [-0.1, -0.05) is 0 Å². The highest BCUT2D eigenvalue weighted by Crippen LogP contribution is 2.21. The largest absolute Gasteiger partial charge is 0.468 e. The Balaban J connectivity index is 0.000000621. The first kappa shape index (κ1) is 18.4. The molecule has 0 aliphatic carbocycles. The Morgan fingerprint density at radius 3 is 2.40 bits per heavy atom. The molecule has 1 unspecified atom stereocenters. The summed E-state index contributed by atoms with van der Waals surface area (Å²) < 4.78 is 64.6. The van der Waals surface area contributed by atoms with Crippen LogP contribution in [-0.2, 0) is 19.6 Å². The first-order chi connectivity index (χ1) is 9.15. The van der Waals surface area contributed by atoms with Crippen molar-refractivity contribution in [3.05, 3.63) is 18.5 Å². The molecular weight excluding hydrogens is 301 g/mol. The molecule has 1 atom stereocenters. The summed E-state index contributed by atoms with van der Waals surface area (Å²) >= 11 is 0. The molecule has 0 radical (unpaired) electrons. The van der Waals surface area contributed by atoms with Gasteiger partial charge < -0.3 is 9.72 Å². The molecular formula is C10H15F3N2O4S. The number of carbonyl (C=O) groups is 1. The second kappa shape index (κ2) is 7.90. The zero-order valence-electron chi connectivity index (χ0n) is 10.8. The second-order valence-electron chi connectivity index (χ2n) is 3.48. The summed E-state index contributed by atoms with van der Waals surface area (Å²) in [6.45, 7) is 3.40. The Hall–Kier alpha value is -1.55. The first-order valence-electron chi connectivity index (χ1n) is 5.42. The highest BCUT2D eigenvalue weighted by atomic mass is 32.2. The number of aromatic amines is 1. The van der Waals surface area contributed by atoms with Gasteiger partial charge in [-0.25, -0.2) is 8.42 Å². The monoisotopic (exact) mass is 316 g/mol. The van der Waals surface area contributed by atoms with Crippen LogP contribution in [-0.4, -0.2) is 38.7 Å². The smallest absolute Gasteiger partial charge is 0.404 e. The molecule has 1 heterocycles. The first-order valence-corrected chi connectivity index (χ1v) is 6.90. The minimum atomic E-state index is -4.59. The highest BCUT2D eigenvalue weighted by molar-refractivity contribution is 7.89. The predicted molar refractivity (Wildman–Crippen MR) is 64.3 cm³/mol. The summed E-state index contributed by atoms with van der Waals surface area (Å²) in [6, 6.07) is -0.941. The minimum Gasteiger partial charge on any atom is -0.468 e. The number of H-pyrrole nitrogens is 1. The predicted octanol–water partition coefficient (Wildman–Crippen LogP) is 1.42. The molecule has 1 aromatic rings. The maximum Gasteiger partial charge on any atom is 0.404 e. The van der Waals surface area contributed by atoms with Crippen LogP contribution in [0.2, 0.25) is 0 Å². The van der Waals surface area contributed by atoms with E-state index in [0.717, 1.165) is 13.1 Å². The molecule has 6 nitrogen and oxygen atoms in total. The van der Waals surface area contributed by atoms with Gasteiger partial charge >= 0.3 is 6.18 Å². The summed E-state index contributed by atoms with van der Waals surface area (Å²) in [5.74, 6) is 0. The summed E-state index contributed by atoms with van der Waals surface area (Å²) in [6.07, 6.45) is -2.18. The van der Waals surface area contributed by atoms with E-state index in [1.54, 1.807) is 6.92 Å². The van der Waals surface area contributed by atoms with Crippen molar-refractivity contribution in [2.24, 2.45) is 0 Å². The lowest BCUT2D eigenvalue weighted by molar-refractivity contribution is -0.147. The average molecular weight is 316 g/mol. The molecule has 1 rings (SSSR count). The fourth-order valence-corrected chi connectivity index (χ4v) is 2.12. The van der Waals surface area contributed by atoms with Crippen molar-refractivity contribution < 1.29 is 31.1 Å². The third-order valence-electron chi connectivity index (χ3n) is 1.94. The van der Waals surface area contributed by atoms with Crippen LogP contribution in [0.5, 0.6) is 0 Å². The van der Waals surface area contributed by atoms with E-state index in [4.69, 9.17) is 0 Å². The van der Waals surface area contributed by atoms with Gasteiger partial charge in [0.1, 0.15) is 6.04 Å².